The molecule has 0 bridgehead atoms. The van der Waals surface area contributed by atoms with Gasteiger partial charge in [0.1, 0.15) is 0 Å². The van der Waals surface area contributed by atoms with E-state index in [9.17, 15) is 5.11 Å². The summed E-state index contributed by atoms with van der Waals surface area (Å²) in [6.07, 6.45) is 5.99. The Kier molecular flexibility index (Phi) is 4.41. The molecule has 2 N–H and O–H groups in total. The van der Waals surface area contributed by atoms with Gasteiger partial charge in [0.05, 0.1) is 5.60 Å². The van der Waals surface area contributed by atoms with Crippen LogP contribution in [0.4, 0.5) is 0 Å². The summed E-state index contributed by atoms with van der Waals surface area (Å²) in [6, 6.07) is 6.48. The van der Waals surface area contributed by atoms with Gasteiger partial charge in [0.25, 0.3) is 0 Å². The van der Waals surface area contributed by atoms with E-state index in [1.54, 1.807) is 0 Å². The second-order valence-electron chi connectivity index (χ2n) is 5.64. The molecule has 1 aromatic carbocycles. The van der Waals surface area contributed by atoms with Crippen molar-refractivity contribution >= 4 is 0 Å². The molecule has 0 aromatic heterocycles. The van der Waals surface area contributed by atoms with Crippen molar-refractivity contribution in [1.82, 2.24) is 5.32 Å². The van der Waals surface area contributed by atoms with Crippen LogP contribution >= 0.6 is 0 Å². The highest BCUT2D eigenvalue weighted by Gasteiger charge is 2.24. The van der Waals surface area contributed by atoms with Crippen molar-refractivity contribution in [2.45, 2.75) is 51.6 Å². The topological polar surface area (TPSA) is 32.3 Å². The number of nitrogens with one attached hydrogen (secondary N) is 1. The number of rotatable bonds is 6. The van der Waals surface area contributed by atoms with E-state index in [1.807, 2.05) is 6.92 Å². The van der Waals surface area contributed by atoms with Crippen LogP contribution in [-0.2, 0) is 18.4 Å². The zero-order chi connectivity index (χ0) is 13.0. The first-order valence-electron chi connectivity index (χ1n) is 7.19. The van der Waals surface area contributed by atoms with Crippen LogP contribution in [0.3, 0.4) is 0 Å². The molecule has 1 aromatic rings. The van der Waals surface area contributed by atoms with E-state index in [-0.39, 0.29) is 0 Å². The lowest BCUT2D eigenvalue weighted by molar-refractivity contribution is 0.0570. The fourth-order valence-electron chi connectivity index (χ4n) is 2.64. The van der Waals surface area contributed by atoms with Gasteiger partial charge in [-0.25, -0.2) is 0 Å². The Morgan fingerprint density at radius 3 is 2.83 bits per heavy atom. The highest BCUT2D eigenvalue weighted by atomic mass is 16.3. The number of aryl methyl sites for hydroxylation is 2. The fraction of sp³-hybridized carbons (Fsp3) is 0.625. The van der Waals surface area contributed by atoms with Crippen LogP contribution < -0.4 is 5.32 Å². The summed E-state index contributed by atoms with van der Waals surface area (Å²) in [5.41, 5.74) is 3.19. The molecule has 0 radical (unpaired) electrons. The Labute approximate surface area is 110 Å². The Balaban J connectivity index is 2.00. The van der Waals surface area contributed by atoms with Gasteiger partial charge < -0.3 is 10.4 Å². The van der Waals surface area contributed by atoms with Crippen molar-refractivity contribution in [2.24, 2.45) is 0 Å². The maximum atomic E-state index is 10.6. The molecule has 0 amide bonds. The van der Waals surface area contributed by atoms with Crippen molar-refractivity contribution in [3.63, 3.8) is 0 Å². The summed E-state index contributed by atoms with van der Waals surface area (Å²) < 4.78 is 0. The first-order valence-corrected chi connectivity index (χ1v) is 7.19. The standard InChI is InChI=1S/C16H25NO/c1-3-4-10-17-12-16(2,18)15-9-8-13-6-5-7-14(13)11-15/h8-9,11,17-18H,3-7,10,12H2,1-2H3. The van der Waals surface area contributed by atoms with Crippen LogP contribution in [0.5, 0.6) is 0 Å². The molecule has 2 heteroatoms. The summed E-state index contributed by atoms with van der Waals surface area (Å²) in [6.45, 7) is 5.70. The molecule has 1 atom stereocenters. The predicted octanol–water partition coefficient (Wildman–Crippen LogP) is 2.77. The lowest BCUT2D eigenvalue weighted by Crippen LogP contribution is -2.35. The Morgan fingerprint density at radius 1 is 1.28 bits per heavy atom. The van der Waals surface area contributed by atoms with E-state index in [2.05, 4.69) is 30.4 Å². The zero-order valence-corrected chi connectivity index (χ0v) is 11.6. The minimum atomic E-state index is -0.759. The molecule has 1 aliphatic rings. The number of benzene rings is 1. The second-order valence-corrected chi connectivity index (χ2v) is 5.64. The molecular formula is C16H25NO. The number of unbranched alkanes of at least 4 members (excludes halogenated alkanes) is 1. The van der Waals surface area contributed by atoms with Crippen molar-refractivity contribution in [3.05, 3.63) is 34.9 Å². The Bertz CT molecular complexity index is 398. The lowest BCUT2D eigenvalue weighted by atomic mass is 9.93. The smallest absolute Gasteiger partial charge is 0.0992 e. The van der Waals surface area contributed by atoms with Crippen LogP contribution in [0.1, 0.15) is 49.8 Å². The molecule has 100 valence electrons. The second kappa shape index (κ2) is 5.85. The van der Waals surface area contributed by atoms with Crippen LogP contribution in [0.15, 0.2) is 18.2 Å². The van der Waals surface area contributed by atoms with Crippen molar-refractivity contribution in [2.75, 3.05) is 13.1 Å². The summed E-state index contributed by atoms with van der Waals surface area (Å²) in [5.74, 6) is 0. The van der Waals surface area contributed by atoms with Gasteiger partial charge in [0.2, 0.25) is 0 Å². The third-order valence-corrected chi connectivity index (χ3v) is 3.90. The molecule has 0 saturated carbocycles. The molecule has 0 heterocycles. The van der Waals surface area contributed by atoms with E-state index in [1.165, 1.54) is 43.2 Å². The third kappa shape index (κ3) is 3.12. The molecule has 2 rings (SSSR count). The third-order valence-electron chi connectivity index (χ3n) is 3.90. The van der Waals surface area contributed by atoms with Crippen molar-refractivity contribution in [3.8, 4) is 0 Å². The molecule has 2 nitrogen and oxygen atoms in total. The molecule has 0 aliphatic heterocycles. The van der Waals surface area contributed by atoms with Gasteiger partial charge in [-0.1, -0.05) is 31.5 Å². The van der Waals surface area contributed by atoms with E-state index in [4.69, 9.17) is 0 Å². The Hall–Kier alpha value is -0.860. The van der Waals surface area contributed by atoms with Gasteiger partial charge in [-0.3, -0.25) is 0 Å². The number of aliphatic hydroxyl groups is 1. The summed E-state index contributed by atoms with van der Waals surface area (Å²) in [4.78, 5) is 0. The Morgan fingerprint density at radius 2 is 2.06 bits per heavy atom. The average Bonchev–Trinajstić information content (AvgIpc) is 2.82. The van der Waals surface area contributed by atoms with E-state index < -0.39 is 5.60 Å². The van der Waals surface area contributed by atoms with Crippen molar-refractivity contribution in [1.29, 1.82) is 0 Å². The average molecular weight is 247 g/mol. The molecule has 0 saturated heterocycles. The number of fused-ring (bicyclic) bond motifs is 1. The monoisotopic (exact) mass is 247 g/mol. The molecule has 1 aliphatic carbocycles. The summed E-state index contributed by atoms with van der Waals surface area (Å²) in [7, 11) is 0. The van der Waals surface area contributed by atoms with E-state index >= 15 is 0 Å². The first kappa shape index (κ1) is 13.6. The SMILES string of the molecule is CCCCNCC(C)(O)c1ccc2c(c1)CCC2. The number of hydrogen-bond acceptors (Lipinski definition) is 2. The fourth-order valence-corrected chi connectivity index (χ4v) is 2.64. The molecule has 0 fully saturated rings. The molecular weight excluding hydrogens is 222 g/mol. The van der Waals surface area contributed by atoms with Crippen LogP contribution in [0, 0.1) is 0 Å². The quantitative estimate of drug-likeness (QED) is 0.758. The largest absolute Gasteiger partial charge is 0.384 e. The van der Waals surface area contributed by atoms with Gasteiger partial charge >= 0.3 is 0 Å². The van der Waals surface area contributed by atoms with Crippen LogP contribution in [0.25, 0.3) is 0 Å². The summed E-state index contributed by atoms with van der Waals surface area (Å²) in [5, 5.41) is 13.9. The first-order chi connectivity index (χ1) is 8.63. The summed E-state index contributed by atoms with van der Waals surface area (Å²) >= 11 is 0. The van der Waals surface area contributed by atoms with Gasteiger partial charge in [0.15, 0.2) is 0 Å². The van der Waals surface area contributed by atoms with Crippen LogP contribution in [-0.4, -0.2) is 18.2 Å². The highest BCUT2D eigenvalue weighted by Crippen LogP contribution is 2.27. The maximum absolute atomic E-state index is 10.6. The minimum Gasteiger partial charge on any atom is -0.384 e. The van der Waals surface area contributed by atoms with Gasteiger partial charge in [-0.15, -0.1) is 0 Å². The van der Waals surface area contributed by atoms with E-state index in [0.717, 1.165) is 12.1 Å². The predicted molar refractivity (Wildman–Crippen MR) is 75.8 cm³/mol. The van der Waals surface area contributed by atoms with Crippen molar-refractivity contribution < 1.29 is 5.11 Å². The maximum Gasteiger partial charge on any atom is 0.0992 e. The van der Waals surface area contributed by atoms with E-state index in [0.29, 0.717) is 6.54 Å². The molecule has 18 heavy (non-hydrogen) atoms. The highest BCUT2D eigenvalue weighted by molar-refractivity contribution is 5.37. The molecule has 1 unspecified atom stereocenters. The number of hydrogen-bond donors (Lipinski definition) is 2. The minimum absolute atomic E-state index is 0.631. The zero-order valence-electron chi connectivity index (χ0n) is 11.6. The van der Waals surface area contributed by atoms with Gasteiger partial charge in [-0.2, -0.15) is 0 Å². The van der Waals surface area contributed by atoms with Crippen LogP contribution in [0.2, 0.25) is 0 Å². The van der Waals surface area contributed by atoms with Gasteiger partial charge in [0, 0.05) is 6.54 Å². The molecule has 0 spiro atoms. The normalized spacial score (nSPS) is 17.5. The van der Waals surface area contributed by atoms with Gasteiger partial charge in [-0.05, 0) is 55.8 Å². The lowest BCUT2D eigenvalue weighted by Gasteiger charge is -2.25.